The third kappa shape index (κ3) is 3.23. The molecule has 0 fully saturated rings. The third-order valence-corrected chi connectivity index (χ3v) is 4.62. The minimum absolute atomic E-state index is 0.166. The van der Waals surface area contributed by atoms with E-state index in [9.17, 15) is 0 Å². The Bertz CT molecular complexity index is 1030. The van der Waals surface area contributed by atoms with Crippen molar-refractivity contribution >= 4 is 10.8 Å². The van der Waals surface area contributed by atoms with E-state index in [1.807, 2.05) is 35.3 Å². The van der Waals surface area contributed by atoms with E-state index >= 15 is 0 Å². The number of benzene rings is 2. The van der Waals surface area contributed by atoms with E-state index in [1.165, 1.54) is 11.1 Å². The quantitative estimate of drug-likeness (QED) is 0.535. The summed E-state index contributed by atoms with van der Waals surface area (Å²) in [7, 11) is 0. The van der Waals surface area contributed by atoms with E-state index in [0.29, 0.717) is 6.54 Å². The van der Waals surface area contributed by atoms with Gasteiger partial charge in [-0.05, 0) is 28.0 Å². The first-order valence-corrected chi connectivity index (χ1v) is 8.84. The fourth-order valence-corrected chi connectivity index (χ4v) is 3.11. The molecule has 0 radical (unpaired) electrons. The maximum Gasteiger partial charge on any atom is 0.132 e. The summed E-state index contributed by atoms with van der Waals surface area (Å²) in [5.74, 6) is 0. The molecule has 0 aliphatic heterocycles. The summed E-state index contributed by atoms with van der Waals surface area (Å²) in [6, 6.07) is 18.9. The van der Waals surface area contributed by atoms with Gasteiger partial charge in [0.2, 0.25) is 0 Å². The molecular formula is C22H22N4. The second-order valence-electron chi connectivity index (χ2n) is 7.63. The van der Waals surface area contributed by atoms with Crippen LogP contribution in [-0.4, -0.2) is 20.0 Å². The van der Waals surface area contributed by atoms with Gasteiger partial charge in [-0.2, -0.15) is 0 Å². The molecule has 0 saturated heterocycles. The Balaban J connectivity index is 1.60. The molecule has 0 amide bonds. The Morgan fingerprint density at radius 1 is 0.923 bits per heavy atom. The van der Waals surface area contributed by atoms with E-state index in [2.05, 4.69) is 72.5 Å². The van der Waals surface area contributed by atoms with Crippen molar-refractivity contribution in [2.45, 2.75) is 32.7 Å². The highest BCUT2D eigenvalue weighted by Gasteiger charge is 2.13. The molecule has 0 aliphatic rings. The Kier molecular flexibility index (Phi) is 4.03. The normalized spacial score (nSPS) is 11.8. The molecule has 2 heterocycles. The fourth-order valence-electron chi connectivity index (χ4n) is 3.11. The van der Waals surface area contributed by atoms with Gasteiger partial charge in [-0.3, -0.25) is 4.98 Å². The lowest BCUT2D eigenvalue weighted by molar-refractivity contribution is 0.589. The summed E-state index contributed by atoms with van der Waals surface area (Å²) >= 11 is 0. The summed E-state index contributed by atoms with van der Waals surface area (Å²) in [5, 5.41) is 10.9. The number of nitrogens with zero attached hydrogens (tertiary/aromatic N) is 4. The Labute approximate surface area is 153 Å². The predicted molar refractivity (Wildman–Crippen MR) is 105 cm³/mol. The van der Waals surface area contributed by atoms with Crippen LogP contribution in [0.2, 0.25) is 0 Å². The number of pyridine rings is 1. The van der Waals surface area contributed by atoms with Crippen molar-refractivity contribution in [2.24, 2.45) is 0 Å². The van der Waals surface area contributed by atoms with Crippen LogP contribution < -0.4 is 0 Å². The number of rotatable bonds is 3. The second kappa shape index (κ2) is 6.37. The first-order chi connectivity index (χ1) is 12.5. The first-order valence-electron chi connectivity index (χ1n) is 8.84. The van der Waals surface area contributed by atoms with Crippen molar-refractivity contribution in [3.63, 3.8) is 0 Å². The minimum atomic E-state index is 0.166. The van der Waals surface area contributed by atoms with Crippen LogP contribution in [0.1, 0.15) is 31.9 Å². The van der Waals surface area contributed by atoms with E-state index in [-0.39, 0.29) is 5.41 Å². The molecule has 4 rings (SSSR count). The maximum absolute atomic E-state index is 4.52. The van der Waals surface area contributed by atoms with Crippen molar-refractivity contribution in [3.8, 4) is 11.4 Å². The van der Waals surface area contributed by atoms with Crippen molar-refractivity contribution in [1.29, 1.82) is 0 Å². The van der Waals surface area contributed by atoms with Crippen molar-refractivity contribution < 1.29 is 0 Å². The van der Waals surface area contributed by atoms with Crippen LogP contribution >= 0.6 is 0 Å². The van der Waals surface area contributed by atoms with Gasteiger partial charge in [0.05, 0.1) is 18.4 Å². The number of aromatic nitrogens is 4. The maximum atomic E-state index is 4.52. The van der Waals surface area contributed by atoms with Crippen LogP contribution in [0.3, 0.4) is 0 Å². The monoisotopic (exact) mass is 342 g/mol. The molecule has 4 heteroatoms. The smallest absolute Gasteiger partial charge is 0.132 e. The van der Waals surface area contributed by atoms with Crippen LogP contribution in [-0.2, 0) is 12.0 Å². The summed E-state index contributed by atoms with van der Waals surface area (Å²) in [6.45, 7) is 7.37. The molecule has 0 N–H and O–H groups in total. The summed E-state index contributed by atoms with van der Waals surface area (Å²) in [4.78, 5) is 4.52. The SMILES string of the molecule is CC(C)(C)c1ccc(Cn2cc(-c3nccc4ccccc34)nn2)cc1. The van der Waals surface area contributed by atoms with Crippen molar-refractivity contribution in [1.82, 2.24) is 20.0 Å². The first kappa shape index (κ1) is 16.5. The van der Waals surface area contributed by atoms with Crippen LogP contribution in [0, 0.1) is 0 Å². The summed E-state index contributed by atoms with van der Waals surface area (Å²) in [6.07, 6.45) is 3.79. The molecule has 4 aromatic rings. The molecule has 0 unspecified atom stereocenters. The van der Waals surface area contributed by atoms with Gasteiger partial charge in [0, 0.05) is 11.6 Å². The molecule has 130 valence electrons. The number of hydrogen-bond acceptors (Lipinski definition) is 3. The lowest BCUT2D eigenvalue weighted by Gasteiger charge is -2.19. The molecule has 0 spiro atoms. The van der Waals surface area contributed by atoms with E-state index < -0.39 is 0 Å². The molecule has 26 heavy (non-hydrogen) atoms. The van der Waals surface area contributed by atoms with Gasteiger partial charge in [0.1, 0.15) is 5.69 Å². The summed E-state index contributed by atoms with van der Waals surface area (Å²) in [5.41, 5.74) is 4.38. The van der Waals surface area contributed by atoms with Crippen LogP contribution in [0.25, 0.3) is 22.2 Å². The van der Waals surface area contributed by atoms with Gasteiger partial charge in [0.25, 0.3) is 0 Å². The topological polar surface area (TPSA) is 43.6 Å². The van der Waals surface area contributed by atoms with Crippen LogP contribution in [0.4, 0.5) is 0 Å². The average Bonchev–Trinajstić information content (AvgIpc) is 3.09. The molecular weight excluding hydrogens is 320 g/mol. The zero-order valence-corrected chi connectivity index (χ0v) is 15.3. The van der Waals surface area contributed by atoms with Gasteiger partial charge < -0.3 is 0 Å². The van der Waals surface area contributed by atoms with Crippen LogP contribution in [0.15, 0.2) is 67.0 Å². The van der Waals surface area contributed by atoms with Gasteiger partial charge >= 0.3 is 0 Å². The zero-order chi connectivity index (χ0) is 18.1. The Hall–Kier alpha value is -3.01. The van der Waals surface area contributed by atoms with E-state index in [4.69, 9.17) is 0 Å². The van der Waals surface area contributed by atoms with Crippen molar-refractivity contribution in [3.05, 3.63) is 78.1 Å². The number of hydrogen-bond donors (Lipinski definition) is 0. The third-order valence-electron chi connectivity index (χ3n) is 4.62. The van der Waals surface area contributed by atoms with Crippen LogP contribution in [0.5, 0.6) is 0 Å². The largest absolute Gasteiger partial charge is 0.254 e. The van der Waals surface area contributed by atoms with Gasteiger partial charge in [-0.15, -0.1) is 5.10 Å². The molecule has 2 aromatic carbocycles. The van der Waals surface area contributed by atoms with Gasteiger partial charge in [-0.1, -0.05) is 74.5 Å². The van der Waals surface area contributed by atoms with Gasteiger partial charge in [0.15, 0.2) is 0 Å². The zero-order valence-electron chi connectivity index (χ0n) is 15.3. The van der Waals surface area contributed by atoms with E-state index in [0.717, 1.165) is 22.2 Å². The standard InChI is InChI=1S/C22H22N4/c1-22(2,3)18-10-8-16(9-11-18)14-26-15-20(24-25-26)21-19-7-5-4-6-17(19)12-13-23-21/h4-13,15H,14H2,1-3H3. The highest BCUT2D eigenvalue weighted by Crippen LogP contribution is 2.25. The van der Waals surface area contributed by atoms with Crippen molar-refractivity contribution in [2.75, 3.05) is 0 Å². The van der Waals surface area contributed by atoms with Gasteiger partial charge in [-0.25, -0.2) is 4.68 Å². The molecule has 0 bridgehead atoms. The average molecular weight is 342 g/mol. The molecule has 0 saturated carbocycles. The molecule has 0 aliphatic carbocycles. The minimum Gasteiger partial charge on any atom is -0.254 e. The molecule has 0 atom stereocenters. The van der Waals surface area contributed by atoms with E-state index in [1.54, 1.807) is 0 Å². The molecule has 4 nitrogen and oxygen atoms in total. The number of fused-ring (bicyclic) bond motifs is 1. The highest BCUT2D eigenvalue weighted by atomic mass is 15.4. The fraction of sp³-hybridized carbons (Fsp3) is 0.227. The Morgan fingerprint density at radius 2 is 1.69 bits per heavy atom. The Morgan fingerprint density at radius 3 is 2.46 bits per heavy atom. The predicted octanol–water partition coefficient (Wildman–Crippen LogP) is 4.84. The highest BCUT2D eigenvalue weighted by molar-refractivity contribution is 5.93. The lowest BCUT2D eigenvalue weighted by Crippen LogP contribution is -2.11. The lowest BCUT2D eigenvalue weighted by atomic mass is 9.87. The summed E-state index contributed by atoms with van der Waals surface area (Å²) < 4.78 is 1.87. The molecule has 2 aromatic heterocycles. The second-order valence-corrected chi connectivity index (χ2v) is 7.63.